The van der Waals surface area contributed by atoms with Gasteiger partial charge in [-0.3, -0.25) is 0 Å². The highest BCUT2D eigenvalue weighted by Crippen LogP contribution is 2.18. The molecule has 0 saturated carbocycles. The Morgan fingerprint density at radius 3 is 2.45 bits per heavy atom. The summed E-state index contributed by atoms with van der Waals surface area (Å²) >= 11 is 0. The standard InChI is InChI=1S/C18H24O4/c1-12(2)16(19)22-18(5,6)10-11-21-17(20)15-9-7-8-13(3)14(15)4/h7-9H,1,10-11H2,2-6H3. The first-order valence-corrected chi connectivity index (χ1v) is 7.26. The first-order chi connectivity index (χ1) is 10.1. The Bertz CT molecular complexity index is 585. The van der Waals surface area contributed by atoms with Crippen molar-refractivity contribution in [1.29, 1.82) is 0 Å². The van der Waals surface area contributed by atoms with Gasteiger partial charge in [-0.05, 0) is 51.8 Å². The van der Waals surface area contributed by atoms with E-state index in [-0.39, 0.29) is 12.6 Å². The lowest BCUT2D eigenvalue weighted by Crippen LogP contribution is -2.30. The van der Waals surface area contributed by atoms with Crippen molar-refractivity contribution in [2.24, 2.45) is 0 Å². The molecule has 4 nitrogen and oxygen atoms in total. The summed E-state index contributed by atoms with van der Waals surface area (Å²) in [7, 11) is 0. The molecule has 0 spiro atoms. The van der Waals surface area contributed by atoms with Gasteiger partial charge in [0.05, 0.1) is 12.2 Å². The number of aryl methyl sites for hydroxylation is 1. The van der Waals surface area contributed by atoms with Gasteiger partial charge in [-0.15, -0.1) is 0 Å². The molecule has 0 heterocycles. The number of rotatable bonds is 6. The van der Waals surface area contributed by atoms with Crippen LogP contribution in [-0.2, 0) is 14.3 Å². The smallest absolute Gasteiger partial charge is 0.338 e. The summed E-state index contributed by atoms with van der Waals surface area (Å²) < 4.78 is 10.6. The molecule has 0 amide bonds. The monoisotopic (exact) mass is 304 g/mol. The van der Waals surface area contributed by atoms with Gasteiger partial charge in [0.15, 0.2) is 0 Å². The van der Waals surface area contributed by atoms with Crippen LogP contribution in [0.2, 0.25) is 0 Å². The topological polar surface area (TPSA) is 52.6 Å². The summed E-state index contributed by atoms with van der Waals surface area (Å²) in [4.78, 5) is 23.6. The summed E-state index contributed by atoms with van der Waals surface area (Å²) in [6, 6.07) is 5.53. The molecule has 0 aliphatic carbocycles. The van der Waals surface area contributed by atoms with Crippen LogP contribution in [0.15, 0.2) is 30.4 Å². The number of hydrogen-bond donors (Lipinski definition) is 0. The minimum atomic E-state index is -0.710. The second kappa shape index (κ2) is 7.25. The van der Waals surface area contributed by atoms with E-state index in [1.165, 1.54) is 0 Å². The Labute approximate surface area is 132 Å². The van der Waals surface area contributed by atoms with Gasteiger partial charge in [0.25, 0.3) is 0 Å². The Morgan fingerprint density at radius 1 is 1.23 bits per heavy atom. The number of carbonyl (C=O) groups is 2. The van der Waals surface area contributed by atoms with Crippen molar-refractivity contribution in [3.05, 3.63) is 47.0 Å². The van der Waals surface area contributed by atoms with E-state index < -0.39 is 11.6 Å². The van der Waals surface area contributed by atoms with E-state index >= 15 is 0 Å². The summed E-state index contributed by atoms with van der Waals surface area (Å²) in [5, 5.41) is 0. The van der Waals surface area contributed by atoms with Crippen LogP contribution in [0.4, 0.5) is 0 Å². The molecule has 0 unspecified atom stereocenters. The molecule has 0 radical (unpaired) electrons. The zero-order chi connectivity index (χ0) is 16.9. The Balaban J connectivity index is 2.56. The van der Waals surface area contributed by atoms with Crippen LogP contribution in [0.1, 0.15) is 48.7 Å². The maximum Gasteiger partial charge on any atom is 0.338 e. The number of carbonyl (C=O) groups excluding carboxylic acids is 2. The Kier molecular flexibility index (Phi) is 5.92. The SMILES string of the molecule is C=C(C)C(=O)OC(C)(C)CCOC(=O)c1cccc(C)c1C. The molecule has 1 rings (SSSR count). The molecule has 0 atom stereocenters. The molecule has 22 heavy (non-hydrogen) atoms. The van der Waals surface area contributed by atoms with E-state index in [0.29, 0.717) is 17.6 Å². The van der Waals surface area contributed by atoms with Gasteiger partial charge < -0.3 is 9.47 Å². The van der Waals surface area contributed by atoms with E-state index in [9.17, 15) is 9.59 Å². The molecule has 0 aliphatic rings. The van der Waals surface area contributed by atoms with Crippen molar-refractivity contribution >= 4 is 11.9 Å². The maximum atomic E-state index is 12.1. The normalized spacial score (nSPS) is 11.0. The van der Waals surface area contributed by atoms with Crippen LogP contribution in [-0.4, -0.2) is 24.1 Å². The fourth-order valence-corrected chi connectivity index (χ4v) is 1.83. The van der Waals surface area contributed by atoms with Crippen molar-refractivity contribution in [1.82, 2.24) is 0 Å². The average Bonchev–Trinajstić information content (AvgIpc) is 2.40. The van der Waals surface area contributed by atoms with Crippen LogP contribution in [0.3, 0.4) is 0 Å². The molecule has 0 fully saturated rings. The summed E-state index contributed by atoms with van der Waals surface area (Å²) in [6.45, 7) is 12.7. The first-order valence-electron chi connectivity index (χ1n) is 7.26. The van der Waals surface area contributed by atoms with Crippen LogP contribution in [0.25, 0.3) is 0 Å². The van der Waals surface area contributed by atoms with E-state index in [1.54, 1.807) is 26.8 Å². The highest BCUT2D eigenvalue weighted by Gasteiger charge is 2.24. The Hall–Kier alpha value is -2.10. The number of esters is 2. The molecule has 4 heteroatoms. The van der Waals surface area contributed by atoms with Gasteiger partial charge >= 0.3 is 11.9 Å². The van der Waals surface area contributed by atoms with Gasteiger partial charge in [0, 0.05) is 12.0 Å². The Morgan fingerprint density at radius 2 is 1.86 bits per heavy atom. The van der Waals surface area contributed by atoms with Crippen molar-refractivity contribution in [2.75, 3.05) is 6.61 Å². The van der Waals surface area contributed by atoms with Crippen LogP contribution in [0.5, 0.6) is 0 Å². The van der Waals surface area contributed by atoms with E-state index in [1.807, 2.05) is 26.0 Å². The van der Waals surface area contributed by atoms with Crippen molar-refractivity contribution in [3.8, 4) is 0 Å². The third kappa shape index (κ3) is 5.02. The predicted molar refractivity (Wildman–Crippen MR) is 85.8 cm³/mol. The molecule has 0 bridgehead atoms. The molecule has 0 aliphatic heterocycles. The second-order valence-electron chi connectivity index (χ2n) is 6.06. The van der Waals surface area contributed by atoms with Gasteiger partial charge in [0.1, 0.15) is 5.60 Å². The minimum Gasteiger partial charge on any atom is -0.462 e. The molecule has 0 aromatic heterocycles. The predicted octanol–water partition coefficient (Wildman–Crippen LogP) is 3.75. The summed E-state index contributed by atoms with van der Waals surface area (Å²) in [6.07, 6.45) is 0.419. The van der Waals surface area contributed by atoms with Crippen molar-refractivity contribution in [2.45, 2.75) is 46.6 Å². The summed E-state index contributed by atoms with van der Waals surface area (Å²) in [5.74, 6) is -0.797. The molecule has 1 aromatic carbocycles. The number of hydrogen-bond acceptors (Lipinski definition) is 4. The molecule has 120 valence electrons. The lowest BCUT2D eigenvalue weighted by molar-refractivity contribution is -0.152. The molecule has 1 aromatic rings. The van der Waals surface area contributed by atoms with E-state index in [0.717, 1.165) is 11.1 Å². The zero-order valence-electron chi connectivity index (χ0n) is 14.0. The van der Waals surface area contributed by atoms with Crippen LogP contribution >= 0.6 is 0 Å². The highest BCUT2D eigenvalue weighted by molar-refractivity contribution is 5.91. The van der Waals surface area contributed by atoms with Gasteiger partial charge in [0.2, 0.25) is 0 Å². The molecule has 0 saturated heterocycles. The quantitative estimate of drug-likeness (QED) is 0.593. The van der Waals surface area contributed by atoms with Crippen LogP contribution < -0.4 is 0 Å². The average molecular weight is 304 g/mol. The first kappa shape index (κ1) is 18.0. The third-order valence-electron chi connectivity index (χ3n) is 3.48. The largest absolute Gasteiger partial charge is 0.462 e. The van der Waals surface area contributed by atoms with E-state index in [2.05, 4.69) is 6.58 Å². The van der Waals surface area contributed by atoms with Gasteiger partial charge in [-0.25, -0.2) is 9.59 Å². The summed E-state index contributed by atoms with van der Waals surface area (Å²) in [5.41, 5.74) is 2.17. The fourth-order valence-electron chi connectivity index (χ4n) is 1.83. The molecule has 0 N–H and O–H groups in total. The minimum absolute atomic E-state index is 0.183. The van der Waals surface area contributed by atoms with Crippen LogP contribution in [0, 0.1) is 13.8 Å². The van der Waals surface area contributed by atoms with Gasteiger partial charge in [-0.1, -0.05) is 18.7 Å². The second-order valence-corrected chi connectivity index (χ2v) is 6.06. The molecular weight excluding hydrogens is 280 g/mol. The van der Waals surface area contributed by atoms with Crippen molar-refractivity contribution in [3.63, 3.8) is 0 Å². The third-order valence-corrected chi connectivity index (χ3v) is 3.48. The van der Waals surface area contributed by atoms with Gasteiger partial charge in [-0.2, -0.15) is 0 Å². The van der Waals surface area contributed by atoms with E-state index in [4.69, 9.17) is 9.47 Å². The fraction of sp³-hybridized carbons (Fsp3) is 0.444. The number of benzene rings is 1. The lowest BCUT2D eigenvalue weighted by atomic mass is 10.0. The maximum absolute atomic E-state index is 12.1. The highest BCUT2D eigenvalue weighted by atomic mass is 16.6. The number of ether oxygens (including phenoxy) is 2. The molecular formula is C18H24O4. The zero-order valence-corrected chi connectivity index (χ0v) is 14.0. The van der Waals surface area contributed by atoms with Crippen molar-refractivity contribution < 1.29 is 19.1 Å². The lowest BCUT2D eigenvalue weighted by Gasteiger charge is -2.25.